The van der Waals surface area contributed by atoms with Gasteiger partial charge in [-0.3, -0.25) is 37.3 Å². The molecule has 612 valence electrons. The molecule has 0 amide bonds. The molecule has 0 radical (unpaired) electrons. The number of aliphatic hydroxyl groups is 1. The highest BCUT2D eigenvalue weighted by molar-refractivity contribution is 7.47. The fourth-order valence-corrected chi connectivity index (χ4v) is 14.7. The number of carbonyl (C=O) groups excluding carboxylic acids is 4. The van der Waals surface area contributed by atoms with Gasteiger partial charge in [0.25, 0.3) is 0 Å². The first kappa shape index (κ1) is 101. The summed E-state index contributed by atoms with van der Waals surface area (Å²) in [5.41, 5.74) is 0. The van der Waals surface area contributed by atoms with E-state index in [1.54, 1.807) is 0 Å². The van der Waals surface area contributed by atoms with Gasteiger partial charge in [0.05, 0.1) is 26.4 Å². The van der Waals surface area contributed by atoms with Crippen LogP contribution in [0.1, 0.15) is 452 Å². The Kier molecular flexibility index (Phi) is 75.4. The zero-order valence-electron chi connectivity index (χ0n) is 67.5. The van der Waals surface area contributed by atoms with Gasteiger partial charge >= 0.3 is 39.5 Å². The molecule has 0 saturated heterocycles. The van der Waals surface area contributed by atoms with E-state index in [1.807, 2.05) is 0 Å². The first-order valence-electron chi connectivity index (χ1n) is 43.6. The maximum atomic E-state index is 13.1. The quantitative estimate of drug-likeness (QED) is 0.0222. The summed E-state index contributed by atoms with van der Waals surface area (Å²) in [6.07, 6.45) is 69.4. The van der Waals surface area contributed by atoms with E-state index in [9.17, 15) is 43.2 Å². The van der Waals surface area contributed by atoms with Crippen molar-refractivity contribution in [3.8, 4) is 0 Å². The van der Waals surface area contributed by atoms with Crippen molar-refractivity contribution in [2.45, 2.75) is 470 Å². The van der Waals surface area contributed by atoms with E-state index < -0.39 is 97.5 Å². The molecule has 0 saturated carbocycles. The predicted molar refractivity (Wildman–Crippen MR) is 423 cm³/mol. The third-order valence-electron chi connectivity index (χ3n) is 19.8. The normalized spacial score (nSPS) is 13.8. The van der Waals surface area contributed by atoms with Crippen LogP contribution in [0.2, 0.25) is 0 Å². The van der Waals surface area contributed by atoms with Crippen LogP contribution < -0.4 is 0 Å². The molecule has 2 unspecified atom stereocenters. The highest BCUT2D eigenvalue weighted by Crippen LogP contribution is 2.45. The molecule has 0 bridgehead atoms. The number of ether oxygens (including phenoxy) is 4. The summed E-state index contributed by atoms with van der Waals surface area (Å²) < 4.78 is 68.8. The third kappa shape index (κ3) is 78.0. The van der Waals surface area contributed by atoms with Crippen LogP contribution in [0.4, 0.5) is 0 Å². The molecular weight excluding hydrogens is 1340 g/mol. The highest BCUT2D eigenvalue weighted by Gasteiger charge is 2.30. The zero-order valence-corrected chi connectivity index (χ0v) is 69.3. The van der Waals surface area contributed by atoms with Gasteiger partial charge in [-0.25, -0.2) is 9.13 Å². The lowest BCUT2D eigenvalue weighted by Gasteiger charge is -2.21. The van der Waals surface area contributed by atoms with Crippen LogP contribution in [0, 0.1) is 5.92 Å². The second kappa shape index (κ2) is 76.8. The van der Waals surface area contributed by atoms with Crippen LogP contribution in [0.15, 0.2) is 0 Å². The molecule has 103 heavy (non-hydrogen) atoms. The van der Waals surface area contributed by atoms with Gasteiger partial charge in [-0.05, 0) is 31.6 Å². The van der Waals surface area contributed by atoms with Gasteiger partial charge < -0.3 is 33.8 Å². The molecule has 0 aromatic rings. The van der Waals surface area contributed by atoms with E-state index in [0.29, 0.717) is 25.7 Å². The minimum Gasteiger partial charge on any atom is -0.462 e. The van der Waals surface area contributed by atoms with Crippen molar-refractivity contribution < 1.29 is 80.2 Å². The molecule has 19 heteroatoms. The Morgan fingerprint density at radius 3 is 0.660 bits per heavy atom. The van der Waals surface area contributed by atoms with E-state index in [1.165, 1.54) is 276 Å². The molecule has 5 atom stereocenters. The second-order valence-electron chi connectivity index (χ2n) is 30.7. The minimum absolute atomic E-state index is 0.107. The molecule has 0 aromatic heterocycles. The molecule has 0 spiro atoms. The van der Waals surface area contributed by atoms with Crippen LogP contribution in [-0.4, -0.2) is 96.7 Å². The zero-order chi connectivity index (χ0) is 75.5. The maximum absolute atomic E-state index is 13.1. The minimum atomic E-state index is -4.96. The Bertz CT molecular complexity index is 1960. The molecule has 0 rings (SSSR count). The van der Waals surface area contributed by atoms with Gasteiger partial charge in [0.15, 0.2) is 12.2 Å². The van der Waals surface area contributed by atoms with Crippen LogP contribution in [0.3, 0.4) is 0 Å². The smallest absolute Gasteiger partial charge is 0.462 e. The first-order valence-corrected chi connectivity index (χ1v) is 46.6. The van der Waals surface area contributed by atoms with Crippen LogP contribution >= 0.6 is 15.6 Å². The van der Waals surface area contributed by atoms with Crippen LogP contribution in [0.5, 0.6) is 0 Å². The molecule has 0 heterocycles. The summed E-state index contributed by atoms with van der Waals surface area (Å²) in [5.74, 6) is -1.34. The van der Waals surface area contributed by atoms with Gasteiger partial charge in [0.1, 0.15) is 19.3 Å². The van der Waals surface area contributed by atoms with Crippen molar-refractivity contribution in [2.24, 2.45) is 5.92 Å². The fourth-order valence-electron chi connectivity index (χ4n) is 13.1. The summed E-state index contributed by atoms with van der Waals surface area (Å²) in [5, 5.41) is 10.7. The van der Waals surface area contributed by atoms with Gasteiger partial charge in [-0.1, -0.05) is 401 Å². The molecule has 0 fully saturated rings. The van der Waals surface area contributed by atoms with E-state index in [2.05, 4.69) is 34.6 Å². The molecule has 0 aliphatic carbocycles. The molecular formula is C84H164O17P2. The van der Waals surface area contributed by atoms with Crippen molar-refractivity contribution in [3.63, 3.8) is 0 Å². The van der Waals surface area contributed by atoms with E-state index in [4.69, 9.17) is 37.0 Å². The SMILES string of the molecule is CCCCCCCCCCCCCCCCCCCCCC(=O)OC[C@H](COP(=O)(O)OC[C@@H](O)COP(=O)(O)OC[C@@H](COC(=O)CCCCCCCCCCCCC)OC(=O)CCCCCCCCCCCCCC(C)C)OC(=O)CCCCCCCCCCCCCCCCCCCCC. The Hall–Kier alpha value is -1.94. The van der Waals surface area contributed by atoms with Gasteiger partial charge in [-0.15, -0.1) is 0 Å². The molecule has 0 aromatic carbocycles. The molecule has 0 aliphatic rings. The number of phosphoric ester groups is 2. The lowest BCUT2D eigenvalue weighted by Crippen LogP contribution is -2.30. The highest BCUT2D eigenvalue weighted by atomic mass is 31.2. The second-order valence-corrected chi connectivity index (χ2v) is 33.6. The number of carbonyl (C=O) groups is 4. The Labute approximate surface area is 632 Å². The topological polar surface area (TPSA) is 237 Å². The van der Waals surface area contributed by atoms with Crippen molar-refractivity contribution in [1.29, 1.82) is 0 Å². The van der Waals surface area contributed by atoms with Crippen molar-refractivity contribution in [3.05, 3.63) is 0 Å². The number of unbranched alkanes of at least 4 members (excludes halogenated alkanes) is 56. The monoisotopic (exact) mass is 1510 g/mol. The average molecular weight is 1510 g/mol. The number of phosphoric acid groups is 2. The average Bonchev–Trinajstić information content (AvgIpc) is 0.922. The van der Waals surface area contributed by atoms with Crippen molar-refractivity contribution >= 4 is 39.5 Å². The number of esters is 4. The third-order valence-corrected chi connectivity index (χ3v) is 21.7. The van der Waals surface area contributed by atoms with Gasteiger partial charge in [0.2, 0.25) is 0 Å². The van der Waals surface area contributed by atoms with Crippen molar-refractivity contribution in [1.82, 2.24) is 0 Å². The Morgan fingerprint density at radius 1 is 0.262 bits per heavy atom. The van der Waals surface area contributed by atoms with Crippen LogP contribution in [0.25, 0.3) is 0 Å². The predicted octanol–water partition coefficient (Wildman–Crippen LogP) is 25.6. The number of rotatable bonds is 84. The largest absolute Gasteiger partial charge is 0.472 e. The standard InChI is InChI=1S/C84H164O17P2/c1-6-9-12-15-18-21-24-26-28-30-32-34-36-38-43-48-53-58-63-68-82(87)95-74-80(100-83(88)69-64-59-54-49-44-39-37-35-33-31-29-27-25-22-19-16-13-10-7-2)76-99-103(92,93)97-72-78(85)71-96-102(90,91)98-75-79(73-94-81(86)67-62-57-52-47-41-23-20-17-14-11-8-3)101-84(89)70-65-60-55-50-45-40-42-46-51-56-61-66-77(4)5/h77-80,85H,6-76H2,1-5H3,(H,90,91)(H,92,93)/t78-,79+,80+/m0/s1. The Morgan fingerprint density at radius 2 is 0.447 bits per heavy atom. The first-order chi connectivity index (χ1) is 50.0. The number of aliphatic hydroxyl groups excluding tert-OH is 1. The summed E-state index contributed by atoms with van der Waals surface area (Å²) >= 11 is 0. The van der Waals surface area contributed by atoms with Gasteiger partial charge in [0, 0.05) is 25.7 Å². The van der Waals surface area contributed by atoms with Gasteiger partial charge in [-0.2, -0.15) is 0 Å². The maximum Gasteiger partial charge on any atom is 0.472 e. The molecule has 0 aliphatic heterocycles. The lowest BCUT2D eigenvalue weighted by molar-refractivity contribution is -0.161. The molecule has 17 nitrogen and oxygen atoms in total. The summed E-state index contributed by atoms with van der Waals surface area (Å²) in [4.78, 5) is 73.1. The van der Waals surface area contributed by atoms with Crippen molar-refractivity contribution in [2.75, 3.05) is 39.6 Å². The van der Waals surface area contributed by atoms with E-state index >= 15 is 0 Å². The summed E-state index contributed by atoms with van der Waals surface area (Å²) in [6.45, 7) is 7.35. The fraction of sp³-hybridized carbons (Fsp3) is 0.952. The Balaban J connectivity index is 5.24. The number of hydrogen-bond donors (Lipinski definition) is 3. The van der Waals surface area contributed by atoms with Crippen LogP contribution in [-0.2, 0) is 65.4 Å². The molecule has 3 N–H and O–H groups in total. The van der Waals surface area contributed by atoms with E-state index in [-0.39, 0.29) is 25.7 Å². The summed E-state index contributed by atoms with van der Waals surface area (Å²) in [6, 6.07) is 0. The lowest BCUT2D eigenvalue weighted by atomic mass is 10.0. The summed E-state index contributed by atoms with van der Waals surface area (Å²) in [7, 11) is -9.92. The van der Waals surface area contributed by atoms with E-state index in [0.717, 1.165) is 95.8 Å². The number of hydrogen-bond acceptors (Lipinski definition) is 15.